The number of benzene rings is 3. The molecule has 1 heterocycles. The van der Waals surface area contributed by atoms with Gasteiger partial charge in [-0.15, -0.1) is 0 Å². The van der Waals surface area contributed by atoms with E-state index in [1.807, 2.05) is 18.2 Å². The summed E-state index contributed by atoms with van der Waals surface area (Å²) in [5.74, 6) is 1.47. The lowest BCUT2D eigenvalue weighted by atomic mass is 10.1. The second kappa shape index (κ2) is 8.00. The van der Waals surface area contributed by atoms with Gasteiger partial charge in [0, 0.05) is 12.1 Å². The molecule has 0 saturated carbocycles. The molecule has 0 bridgehead atoms. The fraction of sp³-hybridized carbons (Fsp3) is 0.136. The van der Waals surface area contributed by atoms with Gasteiger partial charge in [0.2, 0.25) is 6.79 Å². The summed E-state index contributed by atoms with van der Waals surface area (Å²) in [7, 11) is 0. The molecule has 3 aromatic carbocycles. The normalized spacial score (nSPS) is 11.9. The van der Waals surface area contributed by atoms with Gasteiger partial charge in [-0.3, -0.25) is 4.79 Å². The first-order valence-electron chi connectivity index (χ1n) is 8.81. The van der Waals surface area contributed by atoms with Gasteiger partial charge in [0.05, 0.1) is 0 Å². The topological polar surface area (TPSA) is 56.8 Å². The molecule has 6 heteroatoms. The van der Waals surface area contributed by atoms with Crippen molar-refractivity contribution in [2.45, 2.75) is 13.2 Å². The van der Waals surface area contributed by atoms with Gasteiger partial charge in [-0.25, -0.2) is 4.39 Å². The first kappa shape index (κ1) is 17.9. The van der Waals surface area contributed by atoms with E-state index in [0.717, 1.165) is 11.1 Å². The van der Waals surface area contributed by atoms with Crippen LogP contribution in [-0.4, -0.2) is 12.7 Å². The standard InChI is InChI=1S/C22H18FNO4/c23-18-7-4-15(5-8-18)13-26-19-3-1-2-17(11-19)22(25)24-12-16-6-9-20-21(10-16)28-14-27-20/h1-11H,12-14H2,(H,24,25). The lowest BCUT2D eigenvalue weighted by Crippen LogP contribution is -2.22. The molecular formula is C22H18FNO4. The lowest BCUT2D eigenvalue weighted by molar-refractivity contribution is 0.0950. The Hall–Kier alpha value is -3.54. The number of carbonyl (C=O) groups excluding carboxylic acids is 1. The molecule has 3 aromatic rings. The molecule has 0 aliphatic carbocycles. The molecule has 0 radical (unpaired) electrons. The molecule has 1 aliphatic heterocycles. The second-order valence-electron chi connectivity index (χ2n) is 6.31. The summed E-state index contributed by atoms with van der Waals surface area (Å²) in [6.07, 6.45) is 0. The van der Waals surface area contributed by atoms with Gasteiger partial charge < -0.3 is 19.5 Å². The smallest absolute Gasteiger partial charge is 0.251 e. The van der Waals surface area contributed by atoms with Crippen molar-refractivity contribution in [2.75, 3.05) is 6.79 Å². The van der Waals surface area contributed by atoms with Crippen LogP contribution in [0.1, 0.15) is 21.5 Å². The first-order chi connectivity index (χ1) is 13.7. The molecule has 0 unspecified atom stereocenters. The van der Waals surface area contributed by atoms with E-state index in [1.165, 1.54) is 12.1 Å². The first-order valence-corrected chi connectivity index (χ1v) is 8.81. The molecule has 5 nitrogen and oxygen atoms in total. The van der Waals surface area contributed by atoms with Crippen molar-refractivity contribution in [3.63, 3.8) is 0 Å². The third-order valence-electron chi connectivity index (χ3n) is 4.31. The van der Waals surface area contributed by atoms with Crippen molar-refractivity contribution in [1.29, 1.82) is 0 Å². The summed E-state index contributed by atoms with van der Waals surface area (Å²) in [5.41, 5.74) is 2.26. The zero-order chi connectivity index (χ0) is 19.3. The van der Waals surface area contributed by atoms with Gasteiger partial charge in [-0.2, -0.15) is 0 Å². The van der Waals surface area contributed by atoms with Crippen molar-refractivity contribution >= 4 is 5.91 Å². The number of rotatable bonds is 6. The van der Waals surface area contributed by atoms with E-state index < -0.39 is 0 Å². The maximum absolute atomic E-state index is 13.0. The predicted octanol–water partition coefficient (Wildman–Crippen LogP) is 4.06. The number of ether oxygens (including phenoxy) is 3. The van der Waals surface area contributed by atoms with Crippen molar-refractivity contribution in [3.05, 3.63) is 89.2 Å². The van der Waals surface area contributed by atoms with Crippen molar-refractivity contribution < 1.29 is 23.4 Å². The Morgan fingerprint density at radius 3 is 2.61 bits per heavy atom. The molecule has 0 aromatic heterocycles. The number of hydrogen-bond donors (Lipinski definition) is 1. The minimum absolute atomic E-state index is 0.204. The third-order valence-corrected chi connectivity index (χ3v) is 4.31. The van der Waals surface area contributed by atoms with Gasteiger partial charge in [0.1, 0.15) is 18.2 Å². The molecule has 4 rings (SSSR count). The van der Waals surface area contributed by atoms with Gasteiger partial charge in [-0.1, -0.05) is 24.3 Å². The van der Waals surface area contributed by atoms with Crippen molar-refractivity contribution in [3.8, 4) is 17.2 Å². The Morgan fingerprint density at radius 2 is 1.75 bits per heavy atom. The highest BCUT2D eigenvalue weighted by Gasteiger charge is 2.14. The van der Waals surface area contributed by atoms with E-state index >= 15 is 0 Å². The Kier molecular flexibility index (Phi) is 5.10. The van der Waals surface area contributed by atoms with Gasteiger partial charge in [0.15, 0.2) is 11.5 Å². The summed E-state index contributed by atoms with van der Waals surface area (Å²) in [4.78, 5) is 12.5. The van der Waals surface area contributed by atoms with Crippen LogP contribution in [0, 0.1) is 5.82 Å². The van der Waals surface area contributed by atoms with Crippen LogP contribution in [0.4, 0.5) is 4.39 Å². The van der Waals surface area contributed by atoms with Gasteiger partial charge >= 0.3 is 0 Å². The number of carbonyl (C=O) groups is 1. The SMILES string of the molecule is O=C(NCc1ccc2c(c1)OCO2)c1cccc(OCc2ccc(F)cc2)c1. The molecule has 0 atom stereocenters. The van der Waals surface area contributed by atoms with Crippen LogP contribution in [-0.2, 0) is 13.2 Å². The zero-order valence-electron chi connectivity index (χ0n) is 15.0. The highest BCUT2D eigenvalue weighted by molar-refractivity contribution is 5.94. The number of amides is 1. The van der Waals surface area contributed by atoms with Crippen LogP contribution >= 0.6 is 0 Å². The van der Waals surface area contributed by atoms with Gasteiger partial charge in [0.25, 0.3) is 5.91 Å². The fourth-order valence-electron chi connectivity index (χ4n) is 2.81. The monoisotopic (exact) mass is 379 g/mol. The Balaban J connectivity index is 1.35. The largest absolute Gasteiger partial charge is 0.489 e. The Bertz CT molecular complexity index is 988. The summed E-state index contributed by atoms with van der Waals surface area (Å²) in [6, 6.07) is 18.6. The van der Waals surface area contributed by atoms with Crippen LogP contribution in [0.15, 0.2) is 66.7 Å². The molecule has 142 valence electrons. The predicted molar refractivity (Wildman–Crippen MR) is 101 cm³/mol. The molecule has 1 aliphatic rings. The lowest BCUT2D eigenvalue weighted by Gasteiger charge is -2.09. The quantitative estimate of drug-likeness (QED) is 0.702. The molecular weight excluding hydrogens is 361 g/mol. The molecule has 1 amide bonds. The Labute approximate surface area is 161 Å². The average molecular weight is 379 g/mol. The van der Waals surface area contributed by atoms with Crippen LogP contribution in [0.2, 0.25) is 0 Å². The summed E-state index contributed by atoms with van der Waals surface area (Å²) < 4.78 is 29.3. The maximum Gasteiger partial charge on any atom is 0.251 e. The van der Waals surface area contributed by atoms with E-state index in [2.05, 4.69) is 5.32 Å². The minimum Gasteiger partial charge on any atom is -0.489 e. The average Bonchev–Trinajstić information content (AvgIpc) is 3.20. The van der Waals surface area contributed by atoms with Gasteiger partial charge in [-0.05, 0) is 53.6 Å². The fourth-order valence-corrected chi connectivity index (χ4v) is 2.81. The molecule has 1 N–H and O–H groups in total. The summed E-state index contributed by atoms with van der Waals surface area (Å²) >= 11 is 0. The number of fused-ring (bicyclic) bond motifs is 1. The van der Waals surface area contributed by atoms with Crippen LogP contribution < -0.4 is 19.5 Å². The van der Waals surface area contributed by atoms with E-state index in [-0.39, 0.29) is 18.5 Å². The molecule has 28 heavy (non-hydrogen) atoms. The summed E-state index contributed by atoms with van der Waals surface area (Å²) in [5, 5.41) is 2.88. The van der Waals surface area contributed by atoms with E-state index in [0.29, 0.717) is 36.0 Å². The highest BCUT2D eigenvalue weighted by atomic mass is 19.1. The van der Waals surface area contributed by atoms with Crippen molar-refractivity contribution in [2.24, 2.45) is 0 Å². The minimum atomic E-state index is -0.287. The molecule has 0 spiro atoms. The second-order valence-corrected chi connectivity index (χ2v) is 6.31. The highest BCUT2D eigenvalue weighted by Crippen LogP contribution is 2.32. The third kappa shape index (κ3) is 4.23. The molecule has 0 fully saturated rings. The maximum atomic E-state index is 13.0. The Morgan fingerprint density at radius 1 is 0.964 bits per heavy atom. The summed E-state index contributed by atoms with van der Waals surface area (Å²) in [6.45, 7) is 0.883. The van der Waals surface area contributed by atoms with Crippen LogP contribution in [0.5, 0.6) is 17.2 Å². The zero-order valence-corrected chi connectivity index (χ0v) is 15.0. The van der Waals surface area contributed by atoms with Crippen LogP contribution in [0.3, 0.4) is 0 Å². The van der Waals surface area contributed by atoms with Crippen molar-refractivity contribution in [1.82, 2.24) is 5.32 Å². The van der Waals surface area contributed by atoms with Crippen LogP contribution in [0.25, 0.3) is 0 Å². The number of halogens is 1. The van der Waals surface area contributed by atoms with E-state index in [4.69, 9.17) is 14.2 Å². The number of nitrogens with one attached hydrogen (secondary N) is 1. The molecule has 0 saturated heterocycles. The van der Waals surface area contributed by atoms with E-state index in [1.54, 1.807) is 36.4 Å². The number of hydrogen-bond acceptors (Lipinski definition) is 4. The van der Waals surface area contributed by atoms with E-state index in [9.17, 15) is 9.18 Å².